The van der Waals surface area contributed by atoms with E-state index in [1.165, 1.54) is 0 Å². The number of nitro groups is 1. The molecule has 0 unspecified atom stereocenters. The van der Waals surface area contributed by atoms with Crippen LogP contribution in [0.1, 0.15) is 0 Å². The second-order valence-electron chi connectivity index (χ2n) is 0.614. The van der Waals surface area contributed by atoms with E-state index in [1.807, 2.05) is 0 Å². The Morgan fingerprint density at radius 1 is 1.57 bits per heavy atom. The molecule has 0 bridgehead atoms. The first-order chi connectivity index (χ1) is 3.13. The third-order valence-electron chi connectivity index (χ3n) is 0.163. The van der Waals surface area contributed by atoms with Gasteiger partial charge in [-0.05, 0) is 4.83 Å². The number of hydrogen-bond donors (Lipinski definition) is 2. The van der Waals surface area contributed by atoms with E-state index in [-0.39, 0.29) is 0 Å². The minimum Gasteiger partial charge on any atom is -0.234 e. The highest BCUT2D eigenvalue weighted by Gasteiger charge is 1.88. The summed E-state index contributed by atoms with van der Waals surface area (Å²) in [6, 6.07) is 0. The SMILES string of the molecule is O=[N+]([O-])N[SH](=O)=O. The quantitative estimate of drug-likeness (QED) is 0.262. The van der Waals surface area contributed by atoms with Crippen molar-refractivity contribution >= 4 is 10.9 Å². The highest BCUT2D eigenvalue weighted by Crippen LogP contribution is 1.52. The largest absolute Gasteiger partial charge is 0.271 e. The van der Waals surface area contributed by atoms with E-state index < -0.39 is 15.9 Å². The van der Waals surface area contributed by atoms with Crippen molar-refractivity contribution in [3.05, 3.63) is 10.1 Å². The summed E-state index contributed by atoms with van der Waals surface area (Å²) in [5.41, 5.74) is 0. The average molecular weight is 126 g/mol. The first-order valence-corrected chi connectivity index (χ1v) is 2.36. The maximum atomic E-state index is 9.29. The van der Waals surface area contributed by atoms with Gasteiger partial charge in [0.2, 0.25) is 0 Å². The van der Waals surface area contributed by atoms with Crippen LogP contribution in [0.4, 0.5) is 0 Å². The van der Waals surface area contributed by atoms with Crippen molar-refractivity contribution in [3.63, 3.8) is 0 Å². The molecule has 0 aromatic heterocycles. The fourth-order valence-corrected chi connectivity index (χ4v) is 0.200. The summed E-state index contributed by atoms with van der Waals surface area (Å²) in [5.74, 6) is 0. The Balaban J connectivity index is 3.53. The molecule has 1 N–H and O–H groups in total. The molecule has 7 heavy (non-hydrogen) atoms. The lowest BCUT2D eigenvalue weighted by atomic mass is 12.7. The molecule has 0 aliphatic carbocycles. The van der Waals surface area contributed by atoms with Gasteiger partial charge in [-0.3, -0.25) is 0 Å². The predicted molar refractivity (Wildman–Crippen MR) is 20.4 cm³/mol. The van der Waals surface area contributed by atoms with Crippen LogP contribution in [0.3, 0.4) is 0 Å². The summed E-state index contributed by atoms with van der Waals surface area (Å²) >= 11 is 0. The number of hydrogen-bond acceptors (Lipinski definition) is 4. The maximum absolute atomic E-state index is 9.29. The first-order valence-electron chi connectivity index (χ1n) is 1.18. The van der Waals surface area contributed by atoms with E-state index in [4.69, 9.17) is 10.1 Å². The Morgan fingerprint density at radius 2 is 2.00 bits per heavy atom. The lowest BCUT2D eigenvalue weighted by Gasteiger charge is -1.77. The van der Waals surface area contributed by atoms with E-state index in [9.17, 15) is 8.42 Å². The minimum absolute atomic E-state index is 0.981. The van der Waals surface area contributed by atoms with Gasteiger partial charge in [0.15, 0.2) is 5.03 Å². The molecule has 0 aliphatic heterocycles. The van der Waals surface area contributed by atoms with Crippen LogP contribution >= 0.6 is 0 Å². The molecule has 0 aromatic rings. The average Bonchev–Trinajstić information content (AvgIpc) is 1.27. The molecule has 0 saturated carbocycles. The summed E-state index contributed by atoms with van der Waals surface area (Å²) in [6.45, 7) is 0. The molecule has 0 fully saturated rings. The molecule has 0 spiro atoms. The van der Waals surface area contributed by atoms with Crippen molar-refractivity contribution in [1.82, 2.24) is 4.83 Å². The Morgan fingerprint density at radius 3 is 2.00 bits per heavy atom. The lowest BCUT2D eigenvalue weighted by Crippen LogP contribution is -2.18. The van der Waals surface area contributed by atoms with Gasteiger partial charge in [0.05, 0.1) is 0 Å². The van der Waals surface area contributed by atoms with Gasteiger partial charge in [-0.1, -0.05) is 0 Å². The number of thiol groups is 1. The number of nitrogens with one attached hydrogen (secondary N) is 1. The molecular formula is H2N2O4S. The molecule has 0 radical (unpaired) electrons. The first kappa shape index (κ1) is 6.15. The van der Waals surface area contributed by atoms with E-state index in [2.05, 4.69) is 0 Å². The molecule has 0 heterocycles. The van der Waals surface area contributed by atoms with Crippen LogP contribution in [0.2, 0.25) is 0 Å². The second-order valence-corrected chi connectivity index (χ2v) is 1.33. The third kappa shape index (κ3) is 5.15. The van der Waals surface area contributed by atoms with Crippen molar-refractivity contribution in [2.75, 3.05) is 0 Å². The molecular weight excluding hydrogens is 124 g/mol. The summed E-state index contributed by atoms with van der Waals surface area (Å²) in [5, 5.41) is 7.97. The maximum Gasteiger partial charge on any atom is 0.271 e. The summed E-state index contributed by atoms with van der Waals surface area (Å²) in [7, 11) is -3.09. The molecule has 0 aromatic carbocycles. The van der Waals surface area contributed by atoms with E-state index in [0.29, 0.717) is 0 Å². The molecule has 0 amide bonds. The van der Waals surface area contributed by atoms with Gasteiger partial charge in [0.1, 0.15) is 0 Å². The minimum atomic E-state index is -3.09. The highest BCUT2D eigenvalue weighted by molar-refractivity contribution is 7.70. The van der Waals surface area contributed by atoms with Crippen LogP contribution in [0.25, 0.3) is 0 Å². The highest BCUT2D eigenvalue weighted by atomic mass is 32.2. The Bertz CT molecular complexity index is 127. The van der Waals surface area contributed by atoms with Crippen molar-refractivity contribution in [2.24, 2.45) is 0 Å². The van der Waals surface area contributed by atoms with E-state index in [1.54, 1.807) is 0 Å². The van der Waals surface area contributed by atoms with Crippen LogP contribution in [0.15, 0.2) is 0 Å². The summed E-state index contributed by atoms with van der Waals surface area (Å²) < 4.78 is 18.6. The van der Waals surface area contributed by atoms with Crippen molar-refractivity contribution in [2.45, 2.75) is 0 Å². The van der Waals surface area contributed by atoms with Crippen LogP contribution in [0, 0.1) is 10.1 Å². The molecule has 0 rings (SSSR count). The smallest absolute Gasteiger partial charge is 0.234 e. The van der Waals surface area contributed by atoms with Gasteiger partial charge in [0, 0.05) is 0 Å². The Labute approximate surface area is 40.3 Å². The Hall–Kier alpha value is -0.850. The molecule has 42 valence electrons. The third-order valence-corrected chi connectivity index (χ3v) is 0.490. The van der Waals surface area contributed by atoms with Crippen LogP contribution in [-0.4, -0.2) is 13.5 Å². The Kier molecular flexibility index (Phi) is 2.06. The summed E-state index contributed by atoms with van der Waals surface area (Å²) in [6.07, 6.45) is 0. The van der Waals surface area contributed by atoms with Crippen LogP contribution in [-0.2, 0) is 10.9 Å². The topological polar surface area (TPSA) is 89.3 Å². The zero-order valence-corrected chi connectivity index (χ0v) is 3.92. The van der Waals surface area contributed by atoms with Crippen molar-refractivity contribution in [3.8, 4) is 0 Å². The zero-order chi connectivity index (χ0) is 5.86. The molecule has 0 saturated heterocycles. The fraction of sp³-hybridized carbons (Fsp3) is 0. The van der Waals surface area contributed by atoms with Gasteiger partial charge >= 0.3 is 0 Å². The van der Waals surface area contributed by atoms with Crippen molar-refractivity contribution in [1.29, 1.82) is 0 Å². The van der Waals surface area contributed by atoms with Gasteiger partial charge in [-0.25, -0.2) is 18.5 Å². The van der Waals surface area contributed by atoms with Crippen LogP contribution in [0.5, 0.6) is 0 Å². The standard InChI is InChI=1S/H2N2O4S/c3-2(4)1-7(5)6/h7H,(H,1,5,6). The van der Waals surface area contributed by atoms with E-state index >= 15 is 0 Å². The number of hydrazine groups is 1. The lowest BCUT2D eigenvalue weighted by molar-refractivity contribution is -0.517. The molecule has 0 atom stereocenters. The number of nitrogens with zero attached hydrogens (tertiary/aromatic N) is 1. The normalized spacial score (nSPS) is 8.71. The molecule has 0 aliphatic rings. The van der Waals surface area contributed by atoms with Gasteiger partial charge in [0.25, 0.3) is 10.9 Å². The zero-order valence-electron chi connectivity index (χ0n) is 3.03. The van der Waals surface area contributed by atoms with Gasteiger partial charge < -0.3 is 0 Å². The van der Waals surface area contributed by atoms with Crippen molar-refractivity contribution < 1.29 is 13.5 Å². The van der Waals surface area contributed by atoms with Gasteiger partial charge in [-0.2, -0.15) is 0 Å². The van der Waals surface area contributed by atoms with Gasteiger partial charge in [-0.15, -0.1) is 0 Å². The second kappa shape index (κ2) is 2.35. The predicted octanol–water partition coefficient (Wildman–Crippen LogP) is -1.71. The number of rotatable bonds is 2. The van der Waals surface area contributed by atoms with Crippen LogP contribution < -0.4 is 4.83 Å². The fourth-order valence-electron chi connectivity index (χ4n) is 0.0667. The monoisotopic (exact) mass is 126 g/mol. The van der Waals surface area contributed by atoms with E-state index in [0.717, 1.165) is 4.83 Å². The molecule has 7 heteroatoms. The summed E-state index contributed by atoms with van der Waals surface area (Å²) in [4.78, 5) is 10.1. The molecule has 6 nitrogen and oxygen atoms in total.